The van der Waals surface area contributed by atoms with Crippen molar-refractivity contribution in [1.82, 2.24) is 15.6 Å². The monoisotopic (exact) mass is 371 g/mol. The van der Waals surface area contributed by atoms with Crippen LogP contribution in [-0.2, 0) is 17.6 Å². The van der Waals surface area contributed by atoms with E-state index < -0.39 is 0 Å². The molecule has 21 heavy (non-hydrogen) atoms. The Morgan fingerprint density at radius 3 is 2.95 bits per heavy atom. The molecule has 0 bridgehead atoms. The predicted octanol–water partition coefficient (Wildman–Crippen LogP) is 2.30. The quantitative estimate of drug-likeness (QED) is 0.805. The zero-order valence-corrected chi connectivity index (χ0v) is 15.4. The van der Waals surface area contributed by atoms with Gasteiger partial charge in [0.2, 0.25) is 5.91 Å². The molecule has 1 amide bonds. The third-order valence-corrected chi connectivity index (χ3v) is 5.37. The summed E-state index contributed by atoms with van der Waals surface area (Å²) < 4.78 is 0. The highest BCUT2D eigenvalue weighted by atomic mass is 35.5. The number of carbonyl (C=O) groups excluding carboxylic acids is 1. The minimum Gasteiger partial charge on any atom is -0.356 e. The second kappa shape index (κ2) is 11.5. The lowest BCUT2D eigenvalue weighted by atomic mass is 10.2. The third kappa shape index (κ3) is 7.70. The molecule has 1 aliphatic rings. The van der Waals surface area contributed by atoms with Crippen molar-refractivity contribution in [3.8, 4) is 0 Å². The number of aromatic nitrogens is 1. The number of hydrogen-bond donors (Lipinski definition) is 2. The van der Waals surface area contributed by atoms with Crippen molar-refractivity contribution < 1.29 is 4.79 Å². The molecular weight excluding hydrogens is 349 g/mol. The lowest BCUT2D eigenvalue weighted by Crippen LogP contribution is -2.41. The second-order valence-corrected chi connectivity index (χ2v) is 6.95. The summed E-state index contributed by atoms with van der Waals surface area (Å²) in [6.07, 6.45) is 4.40. The van der Waals surface area contributed by atoms with Gasteiger partial charge in [0.05, 0.1) is 5.01 Å². The lowest BCUT2D eigenvalue weighted by molar-refractivity contribution is -0.121. The van der Waals surface area contributed by atoms with Gasteiger partial charge in [-0.15, -0.1) is 36.2 Å². The Kier molecular flexibility index (Phi) is 11.5. The zero-order chi connectivity index (χ0) is 13.5. The molecule has 4 nitrogen and oxygen atoms in total. The van der Waals surface area contributed by atoms with Gasteiger partial charge in [-0.25, -0.2) is 4.98 Å². The van der Waals surface area contributed by atoms with E-state index in [1.165, 1.54) is 4.88 Å². The van der Waals surface area contributed by atoms with Gasteiger partial charge < -0.3 is 10.6 Å². The first-order valence-electron chi connectivity index (χ1n) is 6.79. The summed E-state index contributed by atoms with van der Waals surface area (Å²) in [5, 5.41) is 7.48. The van der Waals surface area contributed by atoms with Gasteiger partial charge in [0, 0.05) is 54.6 Å². The molecule has 0 aliphatic carbocycles. The predicted molar refractivity (Wildman–Crippen MR) is 96.4 cm³/mol. The van der Waals surface area contributed by atoms with E-state index >= 15 is 0 Å². The zero-order valence-electron chi connectivity index (χ0n) is 12.1. The summed E-state index contributed by atoms with van der Waals surface area (Å²) in [5.41, 5.74) is 0. The van der Waals surface area contributed by atoms with Crippen LogP contribution in [0.5, 0.6) is 0 Å². The van der Waals surface area contributed by atoms with Crippen LogP contribution in [0, 0.1) is 0 Å². The minimum atomic E-state index is 0. The maximum absolute atomic E-state index is 11.8. The highest BCUT2D eigenvalue weighted by Gasteiger charge is 2.16. The van der Waals surface area contributed by atoms with E-state index in [1.807, 2.05) is 18.0 Å². The molecule has 1 aromatic rings. The van der Waals surface area contributed by atoms with E-state index in [9.17, 15) is 4.79 Å². The number of hydrogen-bond acceptors (Lipinski definition) is 5. The van der Waals surface area contributed by atoms with Gasteiger partial charge in [0.25, 0.3) is 0 Å². The van der Waals surface area contributed by atoms with Crippen molar-refractivity contribution in [2.45, 2.75) is 32.2 Å². The van der Waals surface area contributed by atoms with Crippen LogP contribution in [0.4, 0.5) is 0 Å². The molecule has 1 atom stereocenters. The fourth-order valence-electron chi connectivity index (χ4n) is 1.98. The number of aryl methyl sites for hydroxylation is 1. The minimum absolute atomic E-state index is 0. The summed E-state index contributed by atoms with van der Waals surface area (Å²) >= 11 is 3.66. The molecule has 1 aromatic heterocycles. The molecule has 122 valence electrons. The van der Waals surface area contributed by atoms with Crippen LogP contribution in [0.3, 0.4) is 0 Å². The standard InChI is InChI=1S/C13H21N3OS2.2ClH/c1-2-11-8-16-13(19-11)3-4-15-12(17)7-10-9-18-6-5-14-10;;/h8,10,14H,2-7,9H2,1H3,(H,15,17);2*1H. The van der Waals surface area contributed by atoms with Crippen LogP contribution in [0.2, 0.25) is 0 Å². The highest BCUT2D eigenvalue weighted by Crippen LogP contribution is 2.13. The first-order valence-corrected chi connectivity index (χ1v) is 8.76. The molecule has 2 N–H and O–H groups in total. The van der Waals surface area contributed by atoms with Gasteiger partial charge in [-0.1, -0.05) is 6.92 Å². The first kappa shape index (κ1) is 21.0. The summed E-state index contributed by atoms with van der Waals surface area (Å²) in [6, 6.07) is 0.338. The van der Waals surface area contributed by atoms with Crippen LogP contribution >= 0.6 is 47.9 Å². The maximum Gasteiger partial charge on any atom is 0.221 e. The molecule has 1 aliphatic heterocycles. The molecule has 8 heteroatoms. The lowest BCUT2D eigenvalue weighted by Gasteiger charge is -2.22. The van der Waals surface area contributed by atoms with E-state index in [0.717, 1.165) is 35.9 Å². The van der Waals surface area contributed by atoms with Crippen LogP contribution in [-0.4, -0.2) is 41.5 Å². The third-order valence-electron chi connectivity index (χ3n) is 3.04. The van der Waals surface area contributed by atoms with E-state index in [1.54, 1.807) is 11.3 Å². The van der Waals surface area contributed by atoms with Gasteiger partial charge >= 0.3 is 0 Å². The molecule has 0 spiro atoms. The van der Waals surface area contributed by atoms with Crippen molar-refractivity contribution in [3.63, 3.8) is 0 Å². The van der Waals surface area contributed by atoms with Crippen molar-refractivity contribution in [1.29, 1.82) is 0 Å². The Morgan fingerprint density at radius 2 is 2.33 bits per heavy atom. The first-order chi connectivity index (χ1) is 9.28. The molecule has 2 heterocycles. The van der Waals surface area contributed by atoms with Gasteiger partial charge in [0.1, 0.15) is 0 Å². The van der Waals surface area contributed by atoms with Gasteiger partial charge in [0.15, 0.2) is 0 Å². The molecule has 1 fully saturated rings. The Bertz CT molecular complexity index is 412. The summed E-state index contributed by atoms with van der Waals surface area (Å²) in [7, 11) is 0. The average Bonchev–Trinajstić information content (AvgIpc) is 2.88. The SMILES string of the molecule is CCc1cnc(CCNC(=O)CC2CSCCN2)s1.Cl.Cl. The number of nitrogens with zero attached hydrogens (tertiary/aromatic N) is 1. The van der Waals surface area contributed by atoms with Crippen molar-refractivity contribution >= 4 is 53.8 Å². The number of nitrogens with one attached hydrogen (secondary N) is 2. The average molecular weight is 372 g/mol. The van der Waals surface area contributed by atoms with E-state index in [2.05, 4.69) is 22.5 Å². The van der Waals surface area contributed by atoms with E-state index in [0.29, 0.717) is 19.0 Å². The largest absolute Gasteiger partial charge is 0.356 e. The topological polar surface area (TPSA) is 54.0 Å². The fourth-order valence-corrected chi connectivity index (χ4v) is 3.79. The summed E-state index contributed by atoms with van der Waals surface area (Å²) in [5.74, 6) is 2.34. The van der Waals surface area contributed by atoms with Crippen LogP contribution in [0.15, 0.2) is 6.20 Å². The number of thiazole rings is 1. The van der Waals surface area contributed by atoms with Gasteiger partial charge in [-0.05, 0) is 6.42 Å². The Hall–Kier alpha value is -0.0100. The number of carbonyl (C=O) groups is 1. The van der Waals surface area contributed by atoms with Crippen LogP contribution in [0.1, 0.15) is 23.2 Å². The number of rotatable bonds is 6. The van der Waals surface area contributed by atoms with Crippen LogP contribution < -0.4 is 10.6 Å². The second-order valence-electron chi connectivity index (χ2n) is 4.60. The smallest absolute Gasteiger partial charge is 0.221 e. The maximum atomic E-state index is 11.8. The Morgan fingerprint density at radius 1 is 1.52 bits per heavy atom. The number of amides is 1. The van der Waals surface area contributed by atoms with E-state index in [-0.39, 0.29) is 30.7 Å². The van der Waals surface area contributed by atoms with Gasteiger partial charge in [-0.2, -0.15) is 11.8 Å². The summed E-state index contributed by atoms with van der Waals surface area (Å²) in [4.78, 5) is 17.4. The van der Waals surface area contributed by atoms with Crippen molar-refractivity contribution in [3.05, 3.63) is 16.1 Å². The molecule has 2 rings (SSSR count). The van der Waals surface area contributed by atoms with E-state index in [4.69, 9.17) is 0 Å². The van der Waals surface area contributed by atoms with Crippen LogP contribution in [0.25, 0.3) is 0 Å². The Balaban J connectivity index is 0.00000200. The van der Waals surface area contributed by atoms with Crippen molar-refractivity contribution in [2.24, 2.45) is 0 Å². The Labute approximate surface area is 147 Å². The molecule has 1 saturated heterocycles. The molecule has 0 saturated carbocycles. The summed E-state index contributed by atoms with van der Waals surface area (Å²) in [6.45, 7) is 3.84. The highest BCUT2D eigenvalue weighted by molar-refractivity contribution is 7.99. The molecular formula is C13H23Cl2N3OS2. The normalized spacial score (nSPS) is 17.5. The fraction of sp³-hybridized carbons (Fsp3) is 0.692. The number of thioether (sulfide) groups is 1. The molecule has 1 unspecified atom stereocenters. The van der Waals surface area contributed by atoms with Gasteiger partial charge in [-0.3, -0.25) is 4.79 Å². The molecule has 0 aromatic carbocycles. The number of halogens is 2. The van der Waals surface area contributed by atoms with Crippen molar-refractivity contribution in [2.75, 3.05) is 24.6 Å². The molecule has 0 radical (unpaired) electrons.